The molecule has 0 saturated carbocycles. The minimum atomic E-state index is -0.332. The molecule has 0 radical (unpaired) electrons. The van der Waals surface area contributed by atoms with Crippen molar-refractivity contribution in [1.82, 2.24) is 15.1 Å². The number of nitrogens with one attached hydrogen (secondary N) is 1. The average molecular weight is 480 g/mol. The number of carbonyl (C=O) groups is 2. The normalized spacial score (nSPS) is 25.0. The monoisotopic (exact) mass is 479 g/mol. The smallest absolute Gasteiger partial charge is 0.254 e. The zero-order valence-electron chi connectivity index (χ0n) is 20.3. The maximum Gasteiger partial charge on any atom is 0.254 e. The summed E-state index contributed by atoms with van der Waals surface area (Å²) in [5, 5.41) is 3.27. The van der Waals surface area contributed by atoms with E-state index in [1.54, 1.807) is 19.1 Å². The standard InChI is InChI=1S/C28H34FN3O3/c1-19-24(8-5-9-25(19)29)28(34)32-16-22-14-31(15-23(22)17-32)12-10-26(20-6-3-2-4-7-20)30-27(33)21-11-13-35-18-21/h2-9,21-23,26H,10-18H2,1H3,(H,30,33)/t21?,22-,23?,26?/m0/s1. The van der Waals surface area contributed by atoms with E-state index < -0.39 is 0 Å². The average Bonchev–Trinajstić information content (AvgIpc) is 3.60. The molecule has 3 heterocycles. The molecule has 0 aliphatic carbocycles. The summed E-state index contributed by atoms with van der Waals surface area (Å²) < 4.78 is 19.3. The van der Waals surface area contributed by atoms with E-state index in [0.29, 0.717) is 36.2 Å². The first-order valence-corrected chi connectivity index (χ1v) is 12.7. The molecule has 2 aromatic carbocycles. The third-order valence-corrected chi connectivity index (χ3v) is 7.90. The SMILES string of the molecule is Cc1c(F)cccc1C(=O)N1CC2CN(CCC(NC(=O)C3CCOC3)c3ccccc3)C[C@H]2C1. The Bertz CT molecular complexity index is 1040. The van der Waals surface area contributed by atoms with E-state index in [4.69, 9.17) is 4.74 Å². The van der Waals surface area contributed by atoms with Crippen molar-refractivity contribution in [3.8, 4) is 0 Å². The van der Waals surface area contributed by atoms with Crippen molar-refractivity contribution in [1.29, 1.82) is 0 Å². The number of benzene rings is 2. The lowest BCUT2D eigenvalue weighted by Crippen LogP contribution is -2.37. The van der Waals surface area contributed by atoms with E-state index >= 15 is 0 Å². The van der Waals surface area contributed by atoms with E-state index in [1.807, 2.05) is 23.1 Å². The van der Waals surface area contributed by atoms with Gasteiger partial charge < -0.3 is 19.9 Å². The van der Waals surface area contributed by atoms with Crippen LogP contribution >= 0.6 is 0 Å². The summed E-state index contributed by atoms with van der Waals surface area (Å²) in [6.45, 7) is 7.06. The zero-order valence-corrected chi connectivity index (χ0v) is 20.3. The van der Waals surface area contributed by atoms with Gasteiger partial charge in [0.2, 0.25) is 5.91 Å². The second-order valence-electron chi connectivity index (χ2n) is 10.2. The summed E-state index contributed by atoms with van der Waals surface area (Å²) in [5.41, 5.74) is 2.02. The van der Waals surface area contributed by atoms with Crippen LogP contribution in [0.2, 0.25) is 0 Å². The Morgan fingerprint density at radius 3 is 2.49 bits per heavy atom. The van der Waals surface area contributed by atoms with Gasteiger partial charge in [-0.25, -0.2) is 4.39 Å². The van der Waals surface area contributed by atoms with E-state index in [1.165, 1.54) is 6.07 Å². The predicted octanol–water partition coefficient (Wildman–Crippen LogP) is 3.42. The highest BCUT2D eigenvalue weighted by molar-refractivity contribution is 5.95. The second kappa shape index (κ2) is 10.5. The molecule has 3 saturated heterocycles. The molecule has 3 aliphatic rings. The van der Waals surface area contributed by atoms with E-state index in [9.17, 15) is 14.0 Å². The quantitative estimate of drug-likeness (QED) is 0.661. The summed E-state index contributed by atoms with van der Waals surface area (Å²) in [6.07, 6.45) is 1.63. The van der Waals surface area contributed by atoms with Crippen molar-refractivity contribution >= 4 is 11.8 Å². The molecule has 3 fully saturated rings. The molecule has 3 unspecified atom stereocenters. The highest BCUT2D eigenvalue weighted by Gasteiger charge is 2.42. The lowest BCUT2D eigenvalue weighted by Gasteiger charge is -2.25. The Labute approximate surface area is 206 Å². The van der Waals surface area contributed by atoms with Crippen LogP contribution in [0.1, 0.15) is 40.4 Å². The third-order valence-electron chi connectivity index (χ3n) is 7.90. The molecule has 2 aromatic rings. The summed E-state index contributed by atoms with van der Waals surface area (Å²) in [5.74, 6) is 0.503. The van der Waals surface area contributed by atoms with Crippen LogP contribution < -0.4 is 5.32 Å². The number of hydrogen-bond acceptors (Lipinski definition) is 4. The van der Waals surface area contributed by atoms with Gasteiger partial charge in [-0.1, -0.05) is 36.4 Å². The van der Waals surface area contributed by atoms with Crippen LogP contribution in [0.3, 0.4) is 0 Å². The number of likely N-dealkylation sites (tertiary alicyclic amines) is 2. The topological polar surface area (TPSA) is 61.9 Å². The molecule has 35 heavy (non-hydrogen) atoms. The van der Waals surface area contributed by atoms with Crippen LogP contribution in [0, 0.1) is 30.5 Å². The van der Waals surface area contributed by atoms with Crippen molar-refractivity contribution in [3.63, 3.8) is 0 Å². The van der Waals surface area contributed by atoms with Crippen molar-refractivity contribution < 1.29 is 18.7 Å². The fourth-order valence-corrected chi connectivity index (χ4v) is 5.80. The molecule has 4 atom stereocenters. The molecule has 0 aromatic heterocycles. The molecule has 186 valence electrons. The molecule has 7 heteroatoms. The van der Waals surface area contributed by atoms with Gasteiger partial charge in [0.15, 0.2) is 0 Å². The van der Waals surface area contributed by atoms with Crippen molar-refractivity contribution in [2.75, 3.05) is 45.9 Å². The number of rotatable bonds is 7. The number of halogens is 1. The summed E-state index contributed by atoms with van der Waals surface area (Å²) >= 11 is 0. The Kier molecular flexibility index (Phi) is 7.16. The minimum Gasteiger partial charge on any atom is -0.381 e. The lowest BCUT2D eigenvalue weighted by atomic mass is 10.0. The van der Waals surface area contributed by atoms with Crippen LogP contribution in [-0.2, 0) is 9.53 Å². The van der Waals surface area contributed by atoms with Gasteiger partial charge in [0.05, 0.1) is 18.6 Å². The molecular weight excluding hydrogens is 445 g/mol. The molecule has 0 bridgehead atoms. The first-order valence-electron chi connectivity index (χ1n) is 12.7. The largest absolute Gasteiger partial charge is 0.381 e. The molecule has 0 spiro atoms. The molecule has 3 aliphatic heterocycles. The first kappa shape index (κ1) is 23.9. The second-order valence-corrected chi connectivity index (χ2v) is 10.2. The predicted molar refractivity (Wildman–Crippen MR) is 131 cm³/mol. The molecule has 2 amide bonds. The van der Waals surface area contributed by atoms with Gasteiger partial charge in [0.1, 0.15) is 5.82 Å². The van der Waals surface area contributed by atoms with Crippen LogP contribution in [0.15, 0.2) is 48.5 Å². The zero-order chi connectivity index (χ0) is 24.4. The molecule has 5 rings (SSSR count). The number of fused-ring (bicyclic) bond motifs is 1. The van der Waals surface area contributed by atoms with E-state index in [0.717, 1.165) is 51.1 Å². The van der Waals surface area contributed by atoms with Gasteiger partial charge in [-0.3, -0.25) is 9.59 Å². The molecule has 1 N–H and O–H groups in total. The molecular formula is C28H34FN3O3. The lowest BCUT2D eigenvalue weighted by molar-refractivity contribution is -0.125. The number of hydrogen-bond donors (Lipinski definition) is 1. The number of nitrogens with zero attached hydrogens (tertiary/aromatic N) is 2. The van der Waals surface area contributed by atoms with Gasteiger partial charge in [-0.15, -0.1) is 0 Å². The Balaban J connectivity index is 1.16. The van der Waals surface area contributed by atoms with Gasteiger partial charge >= 0.3 is 0 Å². The minimum absolute atomic E-state index is 0.0289. The Hall–Kier alpha value is -2.77. The highest BCUT2D eigenvalue weighted by Crippen LogP contribution is 2.33. The van der Waals surface area contributed by atoms with Gasteiger partial charge in [-0.2, -0.15) is 0 Å². The number of amides is 2. The van der Waals surface area contributed by atoms with Crippen LogP contribution in [0.25, 0.3) is 0 Å². The fraction of sp³-hybridized carbons (Fsp3) is 0.500. The van der Waals surface area contributed by atoms with Crippen molar-refractivity contribution in [3.05, 3.63) is 71.0 Å². The van der Waals surface area contributed by atoms with Crippen molar-refractivity contribution in [2.45, 2.75) is 25.8 Å². The van der Waals surface area contributed by atoms with Crippen LogP contribution in [0.5, 0.6) is 0 Å². The summed E-state index contributed by atoms with van der Waals surface area (Å²) in [4.78, 5) is 30.2. The van der Waals surface area contributed by atoms with Gasteiger partial charge in [0.25, 0.3) is 5.91 Å². The maximum absolute atomic E-state index is 13.9. The molecule has 6 nitrogen and oxygen atoms in total. The summed E-state index contributed by atoms with van der Waals surface area (Å²) in [6, 6.07) is 14.9. The fourth-order valence-electron chi connectivity index (χ4n) is 5.80. The number of ether oxygens (including phenoxy) is 1. The van der Waals surface area contributed by atoms with Gasteiger partial charge in [0, 0.05) is 44.9 Å². The van der Waals surface area contributed by atoms with E-state index in [-0.39, 0.29) is 29.6 Å². The maximum atomic E-state index is 13.9. The van der Waals surface area contributed by atoms with Crippen molar-refractivity contribution in [2.24, 2.45) is 17.8 Å². The van der Waals surface area contributed by atoms with Gasteiger partial charge in [-0.05, 0) is 54.9 Å². The highest BCUT2D eigenvalue weighted by atomic mass is 19.1. The first-order chi connectivity index (χ1) is 17.0. The Morgan fingerprint density at radius 2 is 1.80 bits per heavy atom. The Morgan fingerprint density at radius 1 is 1.06 bits per heavy atom. The van der Waals surface area contributed by atoms with E-state index in [2.05, 4.69) is 22.3 Å². The van der Waals surface area contributed by atoms with Crippen LogP contribution in [-0.4, -0.2) is 67.6 Å². The summed E-state index contributed by atoms with van der Waals surface area (Å²) in [7, 11) is 0. The third kappa shape index (κ3) is 5.26. The number of carbonyl (C=O) groups excluding carboxylic acids is 2. The van der Waals surface area contributed by atoms with Crippen LogP contribution in [0.4, 0.5) is 4.39 Å².